The van der Waals surface area contributed by atoms with Crippen molar-refractivity contribution in [3.8, 4) is 11.3 Å². The van der Waals surface area contributed by atoms with E-state index < -0.39 is 0 Å². The summed E-state index contributed by atoms with van der Waals surface area (Å²) in [5.74, 6) is 0.795. The molecule has 0 spiro atoms. The van der Waals surface area contributed by atoms with Crippen LogP contribution in [0.2, 0.25) is 5.02 Å². The Bertz CT molecular complexity index is 484. The summed E-state index contributed by atoms with van der Waals surface area (Å²) in [5.41, 5.74) is 1.73. The fourth-order valence-electron chi connectivity index (χ4n) is 1.17. The molecule has 2 rings (SSSR count). The molecule has 0 saturated heterocycles. The van der Waals surface area contributed by atoms with Crippen molar-refractivity contribution in [1.82, 2.24) is 5.16 Å². The van der Waals surface area contributed by atoms with E-state index in [9.17, 15) is 0 Å². The van der Waals surface area contributed by atoms with Crippen LogP contribution in [0.15, 0.2) is 33.3 Å². The van der Waals surface area contributed by atoms with Crippen LogP contribution in [0.1, 0.15) is 5.76 Å². The highest BCUT2D eigenvalue weighted by atomic mass is 79.9. The maximum absolute atomic E-state index is 5.99. The van der Waals surface area contributed by atoms with Gasteiger partial charge in [-0.2, -0.15) is 0 Å². The number of nitrogens with zero attached hydrogens (tertiary/aromatic N) is 1. The predicted octanol–water partition coefficient (Wildman–Crippen LogP) is 4.65. The quantitative estimate of drug-likeness (QED) is 0.736. The van der Waals surface area contributed by atoms with Crippen molar-refractivity contribution in [3.63, 3.8) is 0 Å². The zero-order valence-corrected chi connectivity index (χ0v) is 11.4. The largest absolute Gasteiger partial charge is 0.360 e. The first-order chi connectivity index (χ1) is 7.20. The van der Waals surface area contributed by atoms with Gasteiger partial charge in [-0.1, -0.05) is 38.8 Å². The molecule has 0 saturated carbocycles. The second-order valence-electron chi connectivity index (χ2n) is 2.94. The highest BCUT2D eigenvalue weighted by Crippen LogP contribution is 2.28. The van der Waals surface area contributed by atoms with Gasteiger partial charge in [0.2, 0.25) is 0 Å². The maximum atomic E-state index is 5.99. The molecule has 0 aliphatic heterocycles. The molecule has 5 heteroatoms. The van der Waals surface area contributed by atoms with Gasteiger partial charge in [-0.05, 0) is 28.1 Å². The lowest BCUT2D eigenvalue weighted by Gasteiger charge is -1.98. The van der Waals surface area contributed by atoms with Crippen LogP contribution in [0.4, 0.5) is 0 Å². The smallest absolute Gasteiger partial charge is 0.147 e. The standard InChI is InChI=1S/C10H6Br2ClNO/c11-5-7-4-10(14-15-7)6-1-2-8(12)9(13)3-6/h1-4H,5H2. The van der Waals surface area contributed by atoms with Crippen LogP contribution >= 0.6 is 43.5 Å². The van der Waals surface area contributed by atoms with Crippen molar-refractivity contribution in [3.05, 3.63) is 39.5 Å². The molecule has 15 heavy (non-hydrogen) atoms. The van der Waals surface area contributed by atoms with E-state index >= 15 is 0 Å². The number of halogens is 3. The SMILES string of the molecule is Clc1cc(-c2cc(CBr)on2)ccc1Br. The Balaban J connectivity index is 2.40. The lowest BCUT2D eigenvalue weighted by atomic mass is 10.1. The molecule has 78 valence electrons. The molecule has 1 heterocycles. The van der Waals surface area contributed by atoms with Crippen molar-refractivity contribution in [2.75, 3.05) is 0 Å². The monoisotopic (exact) mass is 349 g/mol. The zero-order valence-electron chi connectivity index (χ0n) is 7.51. The number of alkyl halides is 1. The third-order valence-corrected chi connectivity index (χ3v) is 3.69. The Kier molecular flexibility index (Phi) is 3.49. The van der Waals surface area contributed by atoms with Gasteiger partial charge in [-0.3, -0.25) is 0 Å². The summed E-state index contributed by atoms with van der Waals surface area (Å²) in [4.78, 5) is 0. The van der Waals surface area contributed by atoms with E-state index in [1.807, 2.05) is 24.3 Å². The molecule has 0 radical (unpaired) electrons. The lowest BCUT2D eigenvalue weighted by Crippen LogP contribution is -1.77. The first-order valence-corrected chi connectivity index (χ1v) is 6.47. The van der Waals surface area contributed by atoms with Crippen LogP contribution in [0.5, 0.6) is 0 Å². The average molecular weight is 351 g/mol. The van der Waals surface area contributed by atoms with Crippen LogP contribution in [0, 0.1) is 0 Å². The van der Waals surface area contributed by atoms with Gasteiger partial charge in [0, 0.05) is 16.1 Å². The molecule has 0 amide bonds. The first-order valence-electron chi connectivity index (χ1n) is 4.17. The Labute approximate surface area is 109 Å². The topological polar surface area (TPSA) is 26.0 Å². The van der Waals surface area contributed by atoms with Crippen LogP contribution < -0.4 is 0 Å². The minimum atomic E-state index is 0.657. The number of benzene rings is 1. The Hall–Kier alpha value is -0.320. The van der Waals surface area contributed by atoms with Crippen LogP contribution in [-0.4, -0.2) is 5.16 Å². The summed E-state index contributed by atoms with van der Waals surface area (Å²) in [6.45, 7) is 0. The minimum Gasteiger partial charge on any atom is -0.360 e. The third-order valence-electron chi connectivity index (χ3n) is 1.91. The summed E-state index contributed by atoms with van der Waals surface area (Å²) >= 11 is 12.6. The van der Waals surface area contributed by atoms with Crippen molar-refractivity contribution < 1.29 is 4.52 Å². The summed E-state index contributed by atoms with van der Waals surface area (Å²) in [6, 6.07) is 7.56. The summed E-state index contributed by atoms with van der Waals surface area (Å²) in [5, 5.41) is 5.27. The molecule has 2 aromatic rings. The molecular weight excluding hydrogens is 345 g/mol. The van der Waals surface area contributed by atoms with E-state index in [0.29, 0.717) is 10.4 Å². The zero-order chi connectivity index (χ0) is 10.8. The van der Waals surface area contributed by atoms with Crippen LogP contribution in [-0.2, 0) is 5.33 Å². The molecule has 0 aliphatic rings. The Morgan fingerprint density at radius 2 is 2.13 bits per heavy atom. The molecule has 1 aromatic carbocycles. The second-order valence-corrected chi connectivity index (χ2v) is 4.76. The van der Waals surface area contributed by atoms with Gasteiger partial charge in [-0.25, -0.2) is 0 Å². The van der Waals surface area contributed by atoms with Crippen molar-refractivity contribution in [2.24, 2.45) is 0 Å². The van der Waals surface area contributed by atoms with E-state index in [0.717, 1.165) is 21.5 Å². The van der Waals surface area contributed by atoms with Crippen molar-refractivity contribution in [2.45, 2.75) is 5.33 Å². The first kappa shape index (κ1) is 11.2. The number of hydrogen-bond acceptors (Lipinski definition) is 2. The summed E-state index contributed by atoms with van der Waals surface area (Å²) < 4.78 is 5.96. The maximum Gasteiger partial charge on any atom is 0.147 e. The van der Waals surface area contributed by atoms with E-state index in [1.54, 1.807) is 0 Å². The van der Waals surface area contributed by atoms with E-state index in [-0.39, 0.29) is 0 Å². The van der Waals surface area contributed by atoms with Crippen LogP contribution in [0.25, 0.3) is 11.3 Å². The fraction of sp³-hybridized carbons (Fsp3) is 0.100. The second kappa shape index (κ2) is 4.68. The average Bonchev–Trinajstić information content (AvgIpc) is 2.70. The molecule has 0 unspecified atom stereocenters. The number of hydrogen-bond donors (Lipinski definition) is 0. The third kappa shape index (κ3) is 2.44. The molecule has 0 aliphatic carbocycles. The Morgan fingerprint density at radius 1 is 1.33 bits per heavy atom. The highest BCUT2D eigenvalue weighted by molar-refractivity contribution is 9.10. The van der Waals surface area contributed by atoms with Crippen molar-refractivity contribution >= 4 is 43.5 Å². The van der Waals surface area contributed by atoms with Gasteiger partial charge in [-0.15, -0.1) is 0 Å². The van der Waals surface area contributed by atoms with E-state index in [4.69, 9.17) is 16.1 Å². The minimum absolute atomic E-state index is 0.657. The number of aromatic nitrogens is 1. The van der Waals surface area contributed by atoms with Gasteiger partial charge >= 0.3 is 0 Å². The van der Waals surface area contributed by atoms with Gasteiger partial charge in [0.05, 0.1) is 10.4 Å². The number of rotatable bonds is 2. The molecule has 2 nitrogen and oxygen atoms in total. The molecule has 0 N–H and O–H groups in total. The molecule has 0 atom stereocenters. The normalized spacial score (nSPS) is 10.6. The van der Waals surface area contributed by atoms with Gasteiger partial charge in [0.1, 0.15) is 11.5 Å². The summed E-state index contributed by atoms with van der Waals surface area (Å²) in [7, 11) is 0. The Morgan fingerprint density at radius 3 is 2.73 bits per heavy atom. The fourth-order valence-corrected chi connectivity index (χ4v) is 1.86. The highest BCUT2D eigenvalue weighted by Gasteiger charge is 2.07. The molecule has 1 aromatic heterocycles. The molecule has 0 fully saturated rings. The van der Waals surface area contributed by atoms with Crippen LogP contribution in [0.3, 0.4) is 0 Å². The van der Waals surface area contributed by atoms with Gasteiger partial charge in [0.15, 0.2) is 0 Å². The lowest BCUT2D eigenvalue weighted by molar-refractivity contribution is 0.398. The predicted molar refractivity (Wildman–Crippen MR) is 67.3 cm³/mol. The van der Waals surface area contributed by atoms with E-state index in [1.165, 1.54) is 0 Å². The van der Waals surface area contributed by atoms with E-state index in [2.05, 4.69) is 37.0 Å². The summed E-state index contributed by atoms with van der Waals surface area (Å²) in [6.07, 6.45) is 0. The van der Waals surface area contributed by atoms with Gasteiger partial charge in [0.25, 0.3) is 0 Å². The van der Waals surface area contributed by atoms with Crippen molar-refractivity contribution in [1.29, 1.82) is 0 Å². The molecular formula is C10H6Br2ClNO. The van der Waals surface area contributed by atoms with Gasteiger partial charge < -0.3 is 4.52 Å². The molecule has 0 bridgehead atoms.